The molecule has 0 bridgehead atoms. The second-order valence-electron chi connectivity index (χ2n) is 7.46. The number of aromatic nitrogens is 2. The summed E-state index contributed by atoms with van der Waals surface area (Å²) in [6.07, 6.45) is 4.94. The largest absolute Gasteiger partial charge is 0.355 e. The maximum atomic E-state index is 12.4. The molecule has 160 valence electrons. The molecule has 0 spiro atoms. The summed E-state index contributed by atoms with van der Waals surface area (Å²) in [7, 11) is 0. The Hall–Kier alpha value is -2.83. The molecule has 2 amide bonds. The molecule has 0 saturated carbocycles. The lowest BCUT2D eigenvalue weighted by Gasteiger charge is -2.20. The van der Waals surface area contributed by atoms with E-state index in [1.54, 1.807) is 18.2 Å². The minimum Gasteiger partial charge on any atom is -0.355 e. The highest BCUT2D eigenvalue weighted by molar-refractivity contribution is 6.35. The third kappa shape index (κ3) is 5.66. The molecular weight excluding hydrogens is 433 g/mol. The maximum absolute atomic E-state index is 12.4. The highest BCUT2D eigenvalue weighted by atomic mass is 35.5. The second kappa shape index (κ2) is 9.98. The standard InChI is InChI=1S/C23H23Cl2N5O/c24-17-8-9-19(25)21(15-17)27-23(31)26-18-7-5-6-16(14-18)20-10-11-22(29-28-20)30-12-3-1-2-4-13-30/h5-11,14-15H,1-4,12-13H2,(H2,26,27,31). The Morgan fingerprint density at radius 2 is 1.68 bits per heavy atom. The Morgan fingerprint density at radius 3 is 2.42 bits per heavy atom. The molecule has 1 aliphatic heterocycles. The van der Waals surface area contributed by atoms with Crippen LogP contribution in [0.5, 0.6) is 0 Å². The quantitative estimate of drug-likeness (QED) is 0.472. The van der Waals surface area contributed by atoms with Gasteiger partial charge in [0.05, 0.1) is 16.4 Å². The number of halogens is 2. The summed E-state index contributed by atoms with van der Waals surface area (Å²) in [5.74, 6) is 0.915. The number of anilines is 3. The first-order valence-electron chi connectivity index (χ1n) is 10.3. The summed E-state index contributed by atoms with van der Waals surface area (Å²) in [5.41, 5.74) is 2.69. The third-order valence-electron chi connectivity index (χ3n) is 5.17. The van der Waals surface area contributed by atoms with Crippen LogP contribution in [-0.4, -0.2) is 29.3 Å². The molecule has 1 fully saturated rings. The van der Waals surface area contributed by atoms with E-state index in [0.29, 0.717) is 21.4 Å². The highest BCUT2D eigenvalue weighted by Crippen LogP contribution is 2.26. The minimum absolute atomic E-state index is 0.410. The fraction of sp³-hybridized carbons (Fsp3) is 0.261. The van der Waals surface area contributed by atoms with Gasteiger partial charge in [0.2, 0.25) is 0 Å². The molecule has 6 nitrogen and oxygen atoms in total. The number of rotatable bonds is 4. The van der Waals surface area contributed by atoms with E-state index in [1.807, 2.05) is 36.4 Å². The lowest BCUT2D eigenvalue weighted by atomic mass is 10.1. The van der Waals surface area contributed by atoms with Crippen LogP contribution in [0, 0.1) is 0 Å². The van der Waals surface area contributed by atoms with Gasteiger partial charge in [0, 0.05) is 29.4 Å². The Bertz CT molecular complexity index is 1050. The smallest absolute Gasteiger partial charge is 0.323 e. The predicted octanol–water partition coefficient (Wildman–Crippen LogP) is 6.47. The van der Waals surface area contributed by atoms with Gasteiger partial charge in [0.1, 0.15) is 0 Å². The first-order valence-corrected chi connectivity index (χ1v) is 11.1. The number of hydrogen-bond acceptors (Lipinski definition) is 4. The van der Waals surface area contributed by atoms with Crippen LogP contribution in [0.2, 0.25) is 10.0 Å². The average Bonchev–Trinajstić information content (AvgIpc) is 3.06. The topological polar surface area (TPSA) is 70.2 Å². The van der Waals surface area contributed by atoms with Gasteiger partial charge in [-0.3, -0.25) is 0 Å². The van der Waals surface area contributed by atoms with Crippen molar-refractivity contribution in [2.24, 2.45) is 0 Å². The second-order valence-corrected chi connectivity index (χ2v) is 8.31. The normalized spacial score (nSPS) is 14.1. The zero-order valence-electron chi connectivity index (χ0n) is 16.9. The first kappa shape index (κ1) is 21.4. The van der Waals surface area contributed by atoms with Crippen molar-refractivity contribution in [3.8, 4) is 11.3 Å². The van der Waals surface area contributed by atoms with E-state index in [0.717, 1.165) is 30.2 Å². The minimum atomic E-state index is -0.413. The number of carbonyl (C=O) groups excluding carboxylic acids is 1. The van der Waals surface area contributed by atoms with Gasteiger partial charge in [0.25, 0.3) is 0 Å². The van der Waals surface area contributed by atoms with Gasteiger partial charge in [-0.1, -0.05) is 48.2 Å². The fourth-order valence-electron chi connectivity index (χ4n) is 3.58. The van der Waals surface area contributed by atoms with Crippen molar-refractivity contribution in [2.45, 2.75) is 25.7 Å². The van der Waals surface area contributed by atoms with Crippen LogP contribution >= 0.6 is 23.2 Å². The van der Waals surface area contributed by atoms with Crippen LogP contribution in [0.25, 0.3) is 11.3 Å². The van der Waals surface area contributed by atoms with Crippen LogP contribution < -0.4 is 15.5 Å². The van der Waals surface area contributed by atoms with Gasteiger partial charge in [-0.25, -0.2) is 4.79 Å². The number of hydrogen-bond donors (Lipinski definition) is 2. The molecule has 3 aromatic rings. The number of amides is 2. The molecule has 8 heteroatoms. The van der Waals surface area contributed by atoms with Crippen molar-refractivity contribution in [1.29, 1.82) is 0 Å². The van der Waals surface area contributed by atoms with E-state index in [2.05, 4.69) is 25.7 Å². The molecule has 2 heterocycles. The molecule has 1 aromatic heterocycles. The molecule has 1 saturated heterocycles. The molecule has 0 unspecified atom stereocenters. The zero-order valence-corrected chi connectivity index (χ0v) is 18.5. The Labute approximate surface area is 191 Å². The van der Waals surface area contributed by atoms with E-state index >= 15 is 0 Å². The highest BCUT2D eigenvalue weighted by Gasteiger charge is 2.12. The van der Waals surface area contributed by atoms with Gasteiger partial charge >= 0.3 is 6.03 Å². The Balaban J connectivity index is 1.44. The van der Waals surface area contributed by atoms with Crippen molar-refractivity contribution in [1.82, 2.24) is 10.2 Å². The first-order chi connectivity index (χ1) is 15.1. The van der Waals surface area contributed by atoms with E-state index < -0.39 is 6.03 Å². The summed E-state index contributed by atoms with van der Waals surface area (Å²) in [6.45, 7) is 2.05. The Morgan fingerprint density at radius 1 is 0.871 bits per heavy atom. The number of nitrogens with one attached hydrogen (secondary N) is 2. The van der Waals surface area contributed by atoms with Crippen molar-refractivity contribution < 1.29 is 4.79 Å². The van der Waals surface area contributed by atoms with Gasteiger partial charge < -0.3 is 15.5 Å². The monoisotopic (exact) mass is 455 g/mol. The fourth-order valence-corrected chi connectivity index (χ4v) is 3.92. The zero-order chi connectivity index (χ0) is 21.6. The van der Waals surface area contributed by atoms with Gasteiger partial charge in [-0.05, 0) is 55.3 Å². The molecule has 1 aliphatic rings. The van der Waals surface area contributed by atoms with Gasteiger partial charge in [-0.2, -0.15) is 0 Å². The van der Waals surface area contributed by atoms with Crippen LogP contribution in [0.1, 0.15) is 25.7 Å². The molecule has 2 N–H and O–H groups in total. The van der Waals surface area contributed by atoms with Gasteiger partial charge in [-0.15, -0.1) is 10.2 Å². The van der Waals surface area contributed by atoms with Crippen molar-refractivity contribution in [3.63, 3.8) is 0 Å². The summed E-state index contributed by atoms with van der Waals surface area (Å²) < 4.78 is 0. The Kier molecular flexibility index (Phi) is 6.89. The lowest BCUT2D eigenvalue weighted by molar-refractivity contribution is 0.262. The van der Waals surface area contributed by atoms with Crippen LogP contribution in [0.15, 0.2) is 54.6 Å². The maximum Gasteiger partial charge on any atom is 0.323 e. The average molecular weight is 456 g/mol. The summed E-state index contributed by atoms with van der Waals surface area (Å²) >= 11 is 12.1. The molecule has 0 radical (unpaired) electrons. The molecule has 0 atom stereocenters. The van der Waals surface area contributed by atoms with Crippen LogP contribution in [-0.2, 0) is 0 Å². The van der Waals surface area contributed by atoms with Crippen molar-refractivity contribution in [3.05, 3.63) is 64.6 Å². The van der Waals surface area contributed by atoms with Crippen LogP contribution in [0.3, 0.4) is 0 Å². The number of carbonyl (C=O) groups is 1. The van der Waals surface area contributed by atoms with Crippen molar-refractivity contribution >= 4 is 46.4 Å². The SMILES string of the molecule is O=C(Nc1cccc(-c2ccc(N3CCCCCC3)nn2)c1)Nc1cc(Cl)ccc1Cl. The molecule has 4 rings (SSSR count). The molecular formula is C23H23Cl2N5O. The predicted molar refractivity (Wildman–Crippen MR) is 127 cm³/mol. The van der Waals surface area contributed by atoms with Crippen molar-refractivity contribution in [2.75, 3.05) is 28.6 Å². The summed E-state index contributed by atoms with van der Waals surface area (Å²) in [5, 5.41) is 15.3. The lowest BCUT2D eigenvalue weighted by Crippen LogP contribution is -2.25. The molecule has 31 heavy (non-hydrogen) atoms. The van der Waals surface area contributed by atoms with E-state index in [1.165, 1.54) is 25.7 Å². The number of nitrogens with zero attached hydrogens (tertiary/aromatic N) is 3. The van der Waals surface area contributed by atoms with E-state index in [4.69, 9.17) is 23.2 Å². The third-order valence-corrected chi connectivity index (χ3v) is 5.74. The summed E-state index contributed by atoms with van der Waals surface area (Å²) in [4.78, 5) is 14.7. The number of benzene rings is 2. The molecule has 0 aliphatic carbocycles. The van der Waals surface area contributed by atoms with Crippen LogP contribution in [0.4, 0.5) is 22.0 Å². The van der Waals surface area contributed by atoms with Gasteiger partial charge in [0.15, 0.2) is 5.82 Å². The van der Waals surface area contributed by atoms with E-state index in [9.17, 15) is 4.79 Å². The number of urea groups is 1. The van der Waals surface area contributed by atoms with E-state index in [-0.39, 0.29) is 0 Å². The summed E-state index contributed by atoms with van der Waals surface area (Å²) in [6, 6.07) is 15.9. The molecule has 2 aromatic carbocycles.